The molecular weight excluding hydrogens is 488 g/mol. The summed E-state index contributed by atoms with van der Waals surface area (Å²) in [6, 6.07) is 7.57. The van der Waals surface area contributed by atoms with Crippen LogP contribution in [-0.4, -0.2) is 88.9 Å². The number of aromatic nitrogens is 5. The average Bonchev–Trinajstić information content (AvgIpc) is 3.41. The van der Waals surface area contributed by atoms with E-state index in [1.54, 1.807) is 32.3 Å². The number of hydrogen-bond acceptors (Lipinski definition) is 11. The van der Waals surface area contributed by atoms with Crippen LogP contribution in [0.15, 0.2) is 36.8 Å². The molecule has 1 saturated heterocycles. The van der Waals surface area contributed by atoms with E-state index in [4.69, 9.17) is 14.2 Å². The van der Waals surface area contributed by atoms with E-state index in [9.17, 15) is 4.79 Å². The van der Waals surface area contributed by atoms with Crippen LogP contribution in [0.5, 0.6) is 5.75 Å². The van der Waals surface area contributed by atoms with Gasteiger partial charge >= 0.3 is 6.09 Å². The third-order valence-electron chi connectivity index (χ3n) is 6.03. The van der Waals surface area contributed by atoms with Crippen LogP contribution in [0.4, 0.5) is 16.6 Å². The summed E-state index contributed by atoms with van der Waals surface area (Å²) >= 11 is 0. The Bertz CT molecular complexity index is 1250. The highest BCUT2D eigenvalue weighted by Crippen LogP contribution is 2.33. The predicted octanol–water partition coefficient (Wildman–Crippen LogP) is 3.47. The number of nitrogens with zero attached hydrogens (tertiary/aromatic N) is 7. The van der Waals surface area contributed by atoms with Crippen LogP contribution < -0.4 is 15.0 Å². The molecule has 0 bridgehead atoms. The van der Waals surface area contributed by atoms with E-state index in [2.05, 4.69) is 30.5 Å². The van der Waals surface area contributed by atoms with E-state index in [0.29, 0.717) is 36.3 Å². The van der Waals surface area contributed by atoms with Crippen molar-refractivity contribution in [1.29, 1.82) is 0 Å². The molecule has 0 spiro atoms. The van der Waals surface area contributed by atoms with Crippen LogP contribution >= 0.6 is 0 Å². The zero-order valence-corrected chi connectivity index (χ0v) is 22.6. The molecule has 3 aromatic rings. The Morgan fingerprint density at radius 3 is 2.66 bits per heavy atom. The molecule has 1 amide bonds. The van der Waals surface area contributed by atoms with Crippen molar-refractivity contribution >= 4 is 17.9 Å². The molecule has 0 saturated carbocycles. The number of methoxy groups -OCH3 is 1. The fraction of sp³-hybridized carbons (Fsp3) is 0.462. The molecule has 1 aliphatic rings. The highest BCUT2D eigenvalue weighted by Gasteiger charge is 2.32. The van der Waals surface area contributed by atoms with Gasteiger partial charge in [0.15, 0.2) is 6.79 Å². The molecule has 3 heterocycles. The molecule has 1 unspecified atom stereocenters. The summed E-state index contributed by atoms with van der Waals surface area (Å²) in [7, 11) is 5.13. The topological polar surface area (TPSA) is 128 Å². The van der Waals surface area contributed by atoms with E-state index in [1.807, 2.05) is 49.9 Å². The molecule has 1 aliphatic heterocycles. The number of nitrogens with one attached hydrogen (secondary N) is 1. The molecule has 2 aromatic heterocycles. The first-order valence-electron chi connectivity index (χ1n) is 12.4. The number of amides is 1. The number of benzene rings is 1. The van der Waals surface area contributed by atoms with E-state index < -0.39 is 5.60 Å². The normalized spacial score (nSPS) is 15.3. The van der Waals surface area contributed by atoms with Crippen molar-refractivity contribution in [2.75, 3.05) is 51.3 Å². The quantitative estimate of drug-likeness (QED) is 0.437. The number of likely N-dealkylation sites (N-methyl/N-ethyl adjacent to an activating group) is 1. The van der Waals surface area contributed by atoms with Gasteiger partial charge in [-0.3, -0.25) is 0 Å². The summed E-state index contributed by atoms with van der Waals surface area (Å²) in [6.07, 6.45) is 3.63. The lowest BCUT2D eigenvalue weighted by atomic mass is 10.1. The zero-order chi connectivity index (χ0) is 27.3. The lowest BCUT2D eigenvalue weighted by molar-refractivity contribution is 0.0237. The van der Waals surface area contributed by atoms with Gasteiger partial charge in [0.1, 0.15) is 29.2 Å². The Morgan fingerprint density at radius 1 is 1.16 bits per heavy atom. The maximum absolute atomic E-state index is 12.5. The zero-order valence-electron chi connectivity index (χ0n) is 22.6. The fourth-order valence-corrected chi connectivity index (χ4v) is 4.05. The van der Waals surface area contributed by atoms with Crippen molar-refractivity contribution in [1.82, 2.24) is 30.0 Å². The van der Waals surface area contributed by atoms with Gasteiger partial charge in [-0.25, -0.2) is 19.7 Å². The van der Waals surface area contributed by atoms with E-state index in [1.165, 1.54) is 6.33 Å². The Morgan fingerprint density at radius 2 is 1.97 bits per heavy atom. The average molecular weight is 523 g/mol. The van der Waals surface area contributed by atoms with Gasteiger partial charge in [0, 0.05) is 51.5 Å². The highest BCUT2D eigenvalue weighted by atomic mass is 16.7. The molecule has 38 heavy (non-hydrogen) atoms. The van der Waals surface area contributed by atoms with Crippen molar-refractivity contribution in [3.8, 4) is 28.3 Å². The summed E-state index contributed by atoms with van der Waals surface area (Å²) in [4.78, 5) is 29.2. The number of anilines is 2. The summed E-state index contributed by atoms with van der Waals surface area (Å²) in [6.45, 7) is 6.95. The summed E-state index contributed by atoms with van der Waals surface area (Å²) < 4.78 is 16.5. The summed E-state index contributed by atoms with van der Waals surface area (Å²) in [5.41, 5.74) is 2.35. The third kappa shape index (κ3) is 6.43. The molecule has 1 fully saturated rings. The second kappa shape index (κ2) is 11.5. The molecule has 12 heteroatoms. The minimum absolute atomic E-state index is 0.0000578. The first-order valence-corrected chi connectivity index (χ1v) is 12.4. The smallest absolute Gasteiger partial charge is 0.410 e. The SMILES string of the molecule is CNc1cc(-c2ccc(-c3cnc(N4CCC(N(C)C(=O)OC(C)(C)C)C4)nn3)c(OCOC)c2)ncn1. The summed E-state index contributed by atoms with van der Waals surface area (Å²) in [5.74, 6) is 1.79. The molecule has 12 nitrogen and oxygen atoms in total. The van der Waals surface area contributed by atoms with E-state index in [0.717, 1.165) is 23.2 Å². The van der Waals surface area contributed by atoms with Crippen LogP contribution in [0, 0.1) is 0 Å². The Kier molecular flexibility index (Phi) is 8.20. The predicted molar refractivity (Wildman–Crippen MR) is 143 cm³/mol. The molecule has 1 N–H and O–H groups in total. The van der Waals surface area contributed by atoms with Crippen molar-refractivity contribution in [2.45, 2.75) is 38.8 Å². The van der Waals surface area contributed by atoms with Crippen LogP contribution in [0.2, 0.25) is 0 Å². The molecule has 4 rings (SSSR count). The van der Waals surface area contributed by atoms with Gasteiger partial charge in [0.25, 0.3) is 0 Å². The van der Waals surface area contributed by atoms with E-state index in [-0.39, 0.29) is 18.9 Å². The Hall–Kier alpha value is -4.06. The van der Waals surface area contributed by atoms with Gasteiger partial charge in [-0.2, -0.15) is 0 Å². The Labute approximate surface area is 222 Å². The highest BCUT2D eigenvalue weighted by molar-refractivity contribution is 5.73. The van der Waals surface area contributed by atoms with Gasteiger partial charge < -0.3 is 29.3 Å². The van der Waals surface area contributed by atoms with E-state index >= 15 is 0 Å². The minimum Gasteiger partial charge on any atom is -0.467 e. The van der Waals surface area contributed by atoms with Gasteiger partial charge in [0.2, 0.25) is 5.95 Å². The molecule has 0 radical (unpaired) electrons. The van der Waals surface area contributed by atoms with Crippen LogP contribution in [-0.2, 0) is 9.47 Å². The monoisotopic (exact) mass is 522 g/mol. The number of carbonyl (C=O) groups excluding carboxylic acids is 1. The number of hydrogen-bond donors (Lipinski definition) is 1. The number of rotatable bonds is 8. The van der Waals surface area contributed by atoms with Crippen LogP contribution in [0.1, 0.15) is 27.2 Å². The number of carbonyl (C=O) groups is 1. The molecule has 202 valence electrons. The molecule has 1 aromatic carbocycles. The first kappa shape index (κ1) is 27.0. The van der Waals surface area contributed by atoms with Crippen molar-refractivity contribution < 1.29 is 19.0 Å². The van der Waals surface area contributed by atoms with Crippen LogP contribution in [0.25, 0.3) is 22.5 Å². The van der Waals surface area contributed by atoms with Gasteiger partial charge in [-0.1, -0.05) is 6.07 Å². The van der Waals surface area contributed by atoms with Crippen molar-refractivity contribution in [2.24, 2.45) is 0 Å². The van der Waals surface area contributed by atoms with Gasteiger partial charge in [-0.05, 0) is 39.3 Å². The lowest BCUT2D eigenvalue weighted by Gasteiger charge is -2.28. The standard InChI is InChI=1S/C26H34N8O4/c1-26(2,3)38-25(35)33(5)18-9-10-34(14-18)24-28-13-21(31-32-24)19-8-7-17(11-22(19)37-16-36-6)20-12-23(27-4)30-15-29-20/h7-8,11-13,15,18H,9-10,14,16H2,1-6H3,(H,27,29,30). The second-order valence-electron chi connectivity index (χ2n) is 9.92. The summed E-state index contributed by atoms with van der Waals surface area (Å²) in [5, 5.41) is 11.8. The molecule has 0 aliphatic carbocycles. The third-order valence-corrected chi connectivity index (χ3v) is 6.03. The lowest BCUT2D eigenvalue weighted by Crippen LogP contribution is -2.42. The molecule has 1 atom stereocenters. The second-order valence-corrected chi connectivity index (χ2v) is 9.92. The van der Waals surface area contributed by atoms with Gasteiger partial charge in [0.05, 0.1) is 17.9 Å². The van der Waals surface area contributed by atoms with Crippen molar-refractivity contribution in [3.05, 3.63) is 36.8 Å². The maximum Gasteiger partial charge on any atom is 0.410 e. The number of ether oxygens (including phenoxy) is 3. The molecular formula is C26H34N8O4. The van der Waals surface area contributed by atoms with Crippen molar-refractivity contribution in [3.63, 3.8) is 0 Å². The largest absolute Gasteiger partial charge is 0.467 e. The van der Waals surface area contributed by atoms with Crippen LogP contribution in [0.3, 0.4) is 0 Å². The first-order chi connectivity index (χ1) is 18.2. The maximum atomic E-state index is 12.5. The fourth-order valence-electron chi connectivity index (χ4n) is 4.05. The minimum atomic E-state index is -0.541. The van der Waals surface area contributed by atoms with Gasteiger partial charge in [-0.15, -0.1) is 10.2 Å². The Balaban J connectivity index is 1.50.